The summed E-state index contributed by atoms with van der Waals surface area (Å²) in [6.45, 7) is 5.36. The van der Waals surface area contributed by atoms with Crippen LogP contribution in [0, 0.1) is 20.8 Å². The first-order valence-electron chi connectivity index (χ1n) is 8.49. The number of H-pyrrole nitrogens is 1. The zero-order valence-corrected chi connectivity index (χ0v) is 16.5. The first kappa shape index (κ1) is 19.1. The molecule has 0 aliphatic carbocycles. The van der Waals surface area contributed by atoms with Crippen LogP contribution >= 0.6 is 0 Å². The van der Waals surface area contributed by atoms with Gasteiger partial charge < -0.3 is 9.72 Å². The summed E-state index contributed by atoms with van der Waals surface area (Å²) in [6.07, 6.45) is 0. The molecular formula is C20H22N2O4S. The van der Waals surface area contributed by atoms with Crippen LogP contribution in [-0.4, -0.2) is 20.5 Å². The number of ether oxygens (including phenoxy) is 1. The molecule has 0 atom stereocenters. The van der Waals surface area contributed by atoms with E-state index < -0.39 is 10.0 Å². The van der Waals surface area contributed by atoms with E-state index in [0.29, 0.717) is 28.0 Å². The number of hydrogen-bond donors (Lipinski definition) is 2. The van der Waals surface area contributed by atoms with Crippen LogP contribution in [0.15, 0.2) is 46.1 Å². The van der Waals surface area contributed by atoms with Crippen LogP contribution in [0.5, 0.6) is 5.75 Å². The molecule has 0 fully saturated rings. The van der Waals surface area contributed by atoms with Crippen molar-refractivity contribution in [1.82, 2.24) is 9.71 Å². The van der Waals surface area contributed by atoms with Gasteiger partial charge in [-0.15, -0.1) is 0 Å². The Morgan fingerprint density at radius 2 is 1.70 bits per heavy atom. The summed E-state index contributed by atoms with van der Waals surface area (Å²) in [5, 5.41) is 0.769. The molecule has 0 spiro atoms. The van der Waals surface area contributed by atoms with E-state index in [1.165, 1.54) is 0 Å². The minimum Gasteiger partial charge on any atom is -0.497 e. The molecule has 6 nitrogen and oxygen atoms in total. The van der Waals surface area contributed by atoms with Gasteiger partial charge in [0.1, 0.15) is 5.75 Å². The monoisotopic (exact) mass is 386 g/mol. The SMILES string of the molecule is COc1ccc2[nH]c(=O)c(CNS(=O)(=O)c3c(C)cc(C)cc3C)cc2c1. The average molecular weight is 386 g/mol. The van der Waals surface area contributed by atoms with Gasteiger partial charge in [0, 0.05) is 23.0 Å². The predicted molar refractivity (Wildman–Crippen MR) is 106 cm³/mol. The smallest absolute Gasteiger partial charge is 0.252 e. The Hall–Kier alpha value is -2.64. The second-order valence-corrected chi connectivity index (χ2v) is 8.33. The highest BCUT2D eigenvalue weighted by Crippen LogP contribution is 2.22. The van der Waals surface area contributed by atoms with Crippen molar-refractivity contribution in [3.63, 3.8) is 0 Å². The van der Waals surface area contributed by atoms with Crippen LogP contribution in [-0.2, 0) is 16.6 Å². The molecule has 7 heteroatoms. The minimum atomic E-state index is -3.75. The van der Waals surface area contributed by atoms with Gasteiger partial charge in [-0.3, -0.25) is 4.79 Å². The molecule has 0 radical (unpaired) electrons. The maximum atomic E-state index is 12.8. The molecule has 142 valence electrons. The molecule has 0 amide bonds. The Balaban J connectivity index is 1.94. The lowest BCUT2D eigenvalue weighted by molar-refractivity contribution is 0.415. The lowest BCUT2D eigenvalue weighted by Gasteiger charge is -2.13. The van der Waals surface area contributed by atoms with Crippen LogP contribution in [0.25, 0.3) is 10.9 Å². The molecule has 1 heterocycles. The number of aromatic amines is 1. The van der Waals surface area contributed by atoms with E-state index in [-0.39, 0.29) is 17.0 Å². The average Bonchev–Trinajstić information content (AvgIpc) is 2.58. The first-order chi connectivity index (χ1) is 12.7. The normalized spacial score (nSPS) is 11.7. The van der Waals surface area contributed by atoms with Crippen molar-refractivity contribution in [2.75, 3.05) is 7.11 Å². The molecule has 27 heavy (non-hydrogen) atoms. The zero-order valence-electron chi connectivity index (χ0n) is 15.7. The van der Waals surface area contributed by atoms with E-state index >= 15 is 0 Å². The van der Waals surface area contributed by atoms with Gasteiger partial charge in [-0.2, -0.15) is 0 Å². The van der Waals surface area contributed by atoms with Gasteiger partial charge in [0.25, 0.3) is 5.56 Å². The van der Waals surface area contributed by atoms with Crippen molar-refractivity contribution in [3.8, 4) is 5.75 Å². The highest BCUT2D eigenvalue weighted by Gasteiger charge is 2.20. The van der Waals surface area contributed by atoms with Gasteiger partial charge in [-0.1, -0.05) is 17.7 Å². The maximum Gasteiger partial charge on any atom is 0.252 e. The number of nitrogens with one attached hydrogen (secondary N) is 2. The van der Waals surface area contributed by atoms with Crippen LogP contribution in [0.4, 0.5) is 0 Å². The van der Waals surface area contributed by atoms with Crippen molar-refractivity contribution in [3.05, 3.63) is 69.0 Å². The number of hydrogen-bond acceptors (Lipinski definition) is 4. The summed E-state index contributed by atoms with van der Waals surface area (Å²) < 4.78 is 33.3. The van der Waals surface area contributed by atoms with E-state index in [4.69, 9.17) is 4.74 Å². The first-order valence-corrected chi connectivity index (χ1v) is 9.97. The largest absolute Gasteiger partial charge is 0.497 e. The third-order valence-corrected chi connectivity index (χ3v) is 6.16. The summed E-state index contributed by atoms with van der Waals surface area (Å²) in [7, 11) is -2.18. The maximum absolute atomic E-state index is 12.8. The Kier molecular flexibility index (Phi) is 5.08. The van der Waals surface area contributed by atoms with E-state index in [0.717, 1.165) is 10.9 Å². The standard InChI is InChI=1S/C20H22N2O4S/c1-12-7-13(2)19(14(3)8-12)27(24,25)21-11-16-9-15-10-17(26-4)5-6-18(15)22-20(16)23/h5-10,21H,11H2,1-4H3,(H,22,23). The van der Waals surface area contributed by atoms with E-state index in [1.54, 1.807) is 45.2 Å². The minimum absolute atomic E-state index is 0.0996. The third-order valence-electron chi connectivity index (χ3n) is 4.45. The summed E-state index contributed by atoms with van der Waals surface area (Å²) in [5.74, 6) is 0.659. The number of fused-ring (bicyclic) bond motifs is 1. The predicted octanol–water partition coefficient (Wildman–Crippen LogP) is 2.94. The summed E-state index contributed by atoms with van der Waals surface area (Å²) >= 11 is 0. The van der Waals surface area contributed by atoms with Crippen molar-refractivity contribution in [2.24, 2.45) is 0 Å². The summed E-state index contributed by atoms with van der Waals surface area (Å²) in [6, 6.07) is 10.6. The molecule has 2 aromatic carbocycles. The molecule has 2 N–H and O–H groups in total. The Bertz CT molecular complexity index is 1160. The van der Waals surface area contributed by atoms with Crippen molar-refractivity contribution < 1.29 is 13.2 Å². The van der Waals surface area contributed by atoms with Crippen molar-refractivity contribution >= 4 is 20.9 Å². The topological polar surface area (TPSA) is 88.3 Å². The number of aromatic nitrogens is 1. The Labute approximate surface area is 158 Å². The number of rotatable bonds is 5. The second-order valence-electron chi connectivity index (χ2n) is 6.63. The molecule has 0 unspecified atom stereocenters. The fourth-order valence-corrected chi connectivity index (χ4v) is 4.78. The van der Waals surface area contributed by atoms with E-state index in [1.807, 2.05) is 19.1 Å². The van der Waals surface area contributed by atoms with Crippen LogP contribution in [0.3, 0.4) is 0 Å². The molecule has 0 bridgehead atoms. The van der Waals surface area contributed by atoms with E-state index in [2.05, 4.69) is 9.71 Å². The highest BCUT2D eigenvalue weighted by atomic mass is 32.2. The van der Waals surface area contributed by atoms with Crippen LogP contribution < -0.4 is 15.0 Å². The van der Waals surface area contributed by atoms with Gasteiger partial charge in [-0.25, -0.2) is 13.1 Å². The lowest BCUT2D eigenvalue weighted by Crippen LogP contribution is -2.28. The van der Waals surface area contributed by atoms with Crippen LogP contribution in [0.1, 0.15) is 22.3 Å². The molecule has 0 saturated carbocycles. The molecule has 3 aromatic rings. The van der Waals surface area contributed by atoms with Gasteiger partial charge in [0.05, 0.1) is 12.0 Å². The fourth-order valence-electron chi connectivity index (χ4n) is 3.32. The summed E-state index contributed by atoms with van der Waals surface area (Å²) in [4.78, 5) is 15.3. The van der Waals surface area contributed by atoms with Gasteiger partial charge in [0.15, 0.2) is 0 Å². The molecule has 0 aliphatic rings. The number of aryl methyl sites for hydroxylation is 3. The molecule has 1 aromatic heterocycles. The third kappa shape index (κ3) is 3.89. The zero-order chi connectivity index (χ0) is 19.8. The Morgan fingerprint density at radius 1 is 1.04 bits per heavy atom. The number of pyridine rings is 1. The fraction of sp³-hybridized carbons (Fsp3) is 0.250. The van der Waals surface area contributed by atoms with Crippen molar-refractivity contribution in [1.29, 1.82) is 0 Å². The molecular weight excluding hydrogens is 364 g/mol. The van der Waals surface area contributed by atoms with Crippen molar-refractivity contribution in [2.45, 2.75) is 32.2 Å². The number of sulfonamides is 1. The van der Waals surface area contributed by atoms with Gasteiger partial charge in [0.2, 0.25) is 10.0 Å². The number of benzene rings is 2. The highest BCUT2D eigenvalue weighted by molar-refractivity contribution is 7.89. The quantitative estimate of drug-likeness (QED) is 0.706. The summed E-state index contributed by atoms with van der Waals surface area (Å²) in [5.41, 5.74) is 3.03. The van der Waals surface area contributed by atoms with Gasteiger partial charge >= 0.3 is 0 Å². The van der Waals surface area contributed by atoms with Gasteiger partial charge in [-0.05, 0) is 56.2 Å². The molecule has 3 rings (SSSR count). The molecule has 0 saturated heterocycles. The lowest BCUT2D eigenvalue weighted by atomic mass is 10.1. The molecule has 0 aliphatic heterocycles. The second kappa shape index (κ2) is 7.17. The van der Waals surface area contributed by atoms with Crippen LogP contribution in [0.2, 0.25) is 0 Å². The van der Waals surface area contributed by atoms with E-state index in [9.17, 15) is 13.2 Å². The number of methoxy groups -OCH3 is 1. The Morgan fingerprint density at radius 3 is 2.33 bits per heavy atom.